The van der Waals surface area contributed by atoms with Gasteiger partial charge in [0.1, 0.15) is 5.75 Å². The first kappa shape index (κ1) is 17.7. The molecule has 0 saturated carbocycles. The molecule has 2 aromatic carbocycles. The molecule has 0 bridgehead atoms. The lowest BCUT2D eigenvalue weighted by atomic mass is 10.0. The fourth-order valence-corrected chi connectivity index (χ4v) is 2.99. The molecule has 2 N–H and O–H groups in total. The Morgan fingerprint density at radius 1 is 1.12 bits per heavy atom. The highest BCUT2D eigenvalue weighted by Gasteiger charge is 2.09. The zero-order valence-corrected chi connectivity index (χ0v) is 15.2. The van der Waals surface area contributed by atoms with Crippen LogP contribution in [0.1, 0.15) is 23.6 Å². The molecule has 0 fully saturated rings. The summed E-state index contributed by atoms with van der Waals surface area (Å²) in [6, 6.07) is 13.0. The fourth-order valence-electron chi connectivity index (χ4n) is 2.99. The number of anilines is 1. The molecule has 134 valence electrons. The molecule has 1 heterocycles. The number of H-pyrrole nitrogens is 1. The minimum Gasteiger partial charge on any atom is -0.484 e. The van der Waals surface area contributed by atoms with Gasteiger partial charge in [0.25, 0.3) is 11.5 Å². The minimum absolute atomic E-state index is 0.0780. The number of ether oxygens (including phenoxy) is 1. The number of aromatic amines is 1. The maximum Gasteiger partial charge on any atom is 0.262 e. The van der Waals surface area contributed by atoms with Gasteiger partial charge in [-0.05, 0) is 50.1 Å². The Morgan fingerprint density at radius 2 is 1.85 bits per heavy atom. The molecule has 26 heavy (non-hydrogen) atoms. The topological polar surface area (TPSA) is 71.2 Å². The van der Waals surface area contributed by atoms with Crippen molar-refractivity contribution < 1.29 is 9.53 Å². The van der Waals surface area contributed by atoms with E-state index in [2.05, 4.69) is 10.3 Å². The predicted molar refractivity (Wildman–Crippen MR) is 104 cm³/mol. The highest BCUT2D eigenvalue weighted by atomic mass is 16.5. The van der Waals surface area contributed by atoms with Gasteiger partial charge in [-0.2, -0.15) is 0 Å². The zero-order chi connectivity index (χ0) is 18.7. The van der Waals surface area contributed by atoms with Gasteiger partial charge in [-0.3, -0.25) is 9.59 Å². The number of rotatable bonds is 5. The van der Waals surface area contributed by atoms with Crippen LogP contribution in [0.3, 0.4) is 0 Å². The number of pyridine rings is 1. The van der Waals surface area contributed by atoms with Gasteiger partial charge in [0.05, 0.1) is 5.52 Å². The second-order valence-electron chi connectivity index (χ2n) is 6.32. The summed E-state index contributed by atoms with van der Waals surface area (Å²) in [6.45, 7) is 5.83. The lowest BCUT2D eigenvalue weighted by molar-refractivity contribution is -0.118. The van der Waals surface area contributed by atoms with E-state index in [0.29, 0.717) is 23.4 Å². The van der Waals surface area contributed by atoms with Gasteiger partial charge in [-0.25, -0.2) is 0 Å². The number of hydrogen-bond acceptors (Lipinski definition) is 3. The third-order valence-electron chi connectivity index (χ3n) is 4.43. The predicted octanol–water partition coefficient (Wildman–Crippen LogP) is 3.72. The molecule has 5 heteroatoms. The van der Waals surface area contributed by atoms with E-state index in [1.54, 1.807) is 6.07 Å². The number of carbonyl (C=O) groups is 1. The van der Waals surface area contributed by atoms with Gasteiger partial charge in [-0.15, -0.1) is 0 Å². The van der Waals surface area contributed by atoms with Crippen molar-refractivity contribution in [1.82, 2.24) is 4.98 Å². The van der Waals surface area contributed by atoms with E-state index in [4.69, 9.17) is 4.74 Å². The Balaban J connectivity index is 1.73. The van der Waals surface area contributed by atoms with E-state index >= 15 is 0 Å². The van der Waals surface area contributed by atoms with E-state index in [0.717, 1.165) is 22.1 Å². The van der Waals surface area contributed by atoms with Crippen LogP contribution in [0.15, 0.2) is 47.3 Å². The Kier molecular flexibility index (Phi) is 5.07. The molecule has 0 aliphatic carbocycles. The average Bonchev–Trinajstić information content (AvgIpc) is 2.61. The number of nitrogens with one attached hydrogen (secondary N) is 2. The van der Waals surface area contributed by atoms with Crippen molar-refractivity contribution in [3.8, 4) is 5.75 Å². The van der Waals surface area contributed by atoms with Crippen molar-refractivity contribution in [2.45, 2.75) is 27.2 Å². The van der Waals surface area contributed by atoms with Crippen LogP contribution in [-0.4, -0.2) is 17.5 Å². The summed E-state index contributed by atoms with van der Waals surface area (Å²) in [6.07, 6.45) is 0.686. The quantitative estimate of drug-likeness (QED) is 0.737. The third-order valence-corrected chi connectivity index (χ3v) is 4.43. The zero-order valence-electron chi connectivity index (χ0n) is 15.2. The van der Waals surface area contributed by atoms with E-state index in [1.165, 1.54) is 0 Å². The van der Waals surface area contributed by atoms with Gasteiger partial charge < -0.3 is 15.0 Å². The van der Waals surface area contributed by atoms with E-state index in [1.807, 2.05) is 57.2 Å². The smallest absolute Gasteiger partial charge is 0.262 e. The van der Waals surface area contributed by atoms with Crippen molar-refractivity contribution in [1.29, 1.82) is 0 Å². The molecule has 1 amide bonds. The lowest BCUT2D eigenvalue weighted by Crippen LogP contribution is -2.20. The minimum atomic E-state index is -0.255. The fraction of sp³-hybridized carbons (Fsp3) is 0.238. The van der Waals surface area contributed by atoms with Crippen LogP contribution in [0.2, 0.25) is 0 Å². The molecule has 0 spiro atoms. The van der Waals surface area contributed by atoms with Crippen LogP contribution >= 0.6 is 0 Å². The number of aryl methyl sites for hydroxylation is 2. The first-order chi connectivity index (χ1) is 12.5. The van der Waals surface area contributed by atoms with Crippen LogP contribution < -0.4 is 15.6 Å². The highest BCUT2D eigenvalue weighted by Crippen LogP contribution is 2.21. The van der Waals surface area contributed by atoms with Crippen LogP contribution in [0.25, 0.3) is 10.9 Å². The van der Waals surface area contributed by atoms with E-state index in [9.17, 15) is 9.59 Å². The summed E-state index contributed by atoms with van der Waals surface area (Å²) in [5, 5.41) is 3.78. The van der Waals surface area contributed by atoms with E-state index in [-0.39, 0.29) is 18.1 Å². The van der Waals surface area contributed by atoms with Crippen LogP contribution in [0, 0.1) is 13.8 Å². The number of carbonyl (C=O) groups excluding carboxylic acids is 1. The molecule has 3 rings (SSSR count). The maximum absolute atomic E-state index is 12.1. The summed E-state index contributed by atoms with van der Waals surface area (Å²) in [4.78, 5) is 27.1. The molecule has 1 aromatic heterocycles. The van der Waals surface area contributed by atoms with Crippen LogP contribution in [0.5, 0.6) is 5.75 Å². The summed E-state index contributed by atoms with van der Waals surface area (Å²) in [5.74, 6) is 0.394. The molecule has 0 atom stereocenters. The van der Waals surface area contributed by atoms with Crippen molar-refractivity contribution >= 4 is 22.5 Å². The van der Waals surface area contributed by atoms with Gasteiger partial charge in [-0.1, -0.05) is 30.7 Å². The van der Waals surface area contributed by atoms with Crippen molar-refractivity contribution in [3.63, 3.8) is 0 Å². The second-order valence-corrected chi connectivity index (χ2v) is 6.32. The first-order valence-corrected chi connectivity index (χ1v) is 8.62. The van der Waals surface area contributed by atoms with Gasteiger partial charge in [0, 0.05) is 16.6 Å². The van der Waals surface area contributed by atoms with Gasteiger partial charge in [0.2, 0.25) is 0 Å². The number of hydrogen-bond donors (Lipinski definition) is 2. The number of benzene rings is 2. The molecule has 3 aromatic rings. The molecule has 0 saturated heterocycles. The van der Waals surface area contributed by atoms with Crippen molar-refractivity contribution in [2.75, 3.05) is 11.9 Å². The van der Waals surface area contributed by atoms with Gasteiger partial charge in [0.15, 0.2) is 6.61 Å². The van der Waals surface area contributed by atoms with Crippen molar-refractivity contribution in [3.05, 3.63) is 69.5 Å². The highest BCUT2D eigenvalue weighted by molar-refractivity contribution is 5.95. The summed E-state index contributed by atoms with van der Waals surface area (Å²) < 4.78 is 5.48. The number of aromatic nitrogens is 1. The first-order valence-electron chi connectivity index (χ1n) is 8.62. The summed E-state index contributed by atoms with van der Waals surface area (Å²) >= 11 is 0. The third kappa shape index (κ3) is 3.77. The van der Waals surface area contributed by atoms with Crippen LogP contribution in [-0.2, 0) is 11.2 Å². The van der Waals surface area contributed by atoms with Gasteiger partial charge >= 0.3 is 0 Å². The molecular formula is C21H22N2O3. The summed E-state index contributed by atoms with van der Waals surface area (Å²) in [5.41, 5.74) is 4.15. The normalized spacial score (nSPS) is 10.7. The molecular weight excluding hydrogens is 328 g/mol. The SMILES string of the molecule is CCc1c(C)c2ccc(NC(=O)COc3ccc(C)cc3)cc2[nH]c1=O. The number of amides is 1. The van der Waals surface area contributed by atoms with Crippen LogP contribution in [0.4, 0.5) is 5.69 Å². The largest absolute Gasteiger partial charge is 0.484 e. The van der Waals surface area contributed by atoms with Crippen molar-refractivity contribution in [2.24, 2.45) is 0 Å². The molecule has 5 nitrogen and oxygen atoms in total. The molecule has 0 unspecified atom stereocenters. The Hall–Kier alpha value is -3.08. The van der Waals surface area contributed by atoms with E-state index < -0.39 is 0 Å². The Bertz CT molecular complexity index is 1000. The molecule has 0 aliphatic heterocycles. The standard InChI is InChI=1S/C21H22N2O3/c1-4-17-14(3)18-10-7-15(11-19(18)23-21(17)25)22-20(24)12-26-16-8-5-13(2)6-9-16/h5-11H,4,12H2,1-3H3,(H,22,24)(H,23,25). The lowest BCUT2D eigenvalue weighted by Gasteiger charge is -2.11. The average molecular weight is 350 g/mol. The maximum atomic E-state index is 12.1. The monoisotopic (exact) mass is 350 g/mol. The second kappa shape index (κ2) is 7.44. The molecule has 0 aliphatic rings. The number of fused-ring (bicyclic) bond motifs is 1. The molecule has 0 radical (unpaired) electrons. The summed E-state index contributed by atoms with van der Waals surface area (Å²) in [7, 11) is 0. The Labute approximate surface area is 152 Å². The Morgan fingerprint density at radius 3 is 2.54 bits per heavy atom.